The lowest BCUT2D eigenvalue weighted by atomic mass is 10.0. The molecule has 0 atom stereocenters. The van der Waals surface area contributed by atoms with Gasteiger partial charge in [0, 0.05) is 12.1 Å². The molecule has 0 aliphatic rings. The number of nitrogens with zero attached hydrogens (tertiary/aromatic N) is 2. The molecular formula is C16H18N2O2. The van der Waals surface area contributed by atoms with Crippen LogP contribution in [0.2, 0.25) is 0 Å². The molecular weight excluding hydrogens is 252 g/mol. The Hall–Kier alpha value is -2.23. The summed E-state index contributed by atoms with van der Waals surface area (Å²) in [4.78, 5) is 23.7. The number of hydrogen-bond donors (Lipinski definition) is 0. The van der Waals surface area contributed by atoms with Gasteiger partial charge in [0.1, 0.15) is 0 Å². The van der Waals surface area contributed by atoms with Crippen molar-refractivity contribution in [3.05, 3.63) is 51.3 Å². The highest BCUT2D eigenvalue weighted by atomic mass is 16.1. The minimum absolute atomic E-state index is 0.192. The molecule has 1 aromatic heterocycles. The molecule has 2 rings (SSSR count). The number of Topliss-reactive ketones (excluding diaryl/α,β-unsaturated/α-hetero) is 1. The van der Waals surface area contributed by atoms with E-state index < -0.39 is 0 Å². The Bertz CT molecular complexity index is 730. The zero-order valence-corrected chi connectivity index (χ0v) is 12.2. The number of benzene rings is 1. The average Bonchev–Trinajstić information content (AvgIpc) is 2.39. The van der Waals surface area contributed by atoms with Crippen LogP contribution in [-0.2, 0) is 6.54 Å². The zero-order valence-electron chi connectivity index (χ0n) is 12.2. The minimum Gasteiger partial charge on any atom is -0.294 e. The quantitative estimate of drug-likeness (QED) is 0.806. The van der Waals surface area contributed by atoms with Gasteiger partial charge in [0.25, 0.3) is 5.56 Å². The van der Waals surface area contributed by atoms with Gasteiger partial charge in [0.05, 0.1) is 11.3 Å². The number of carbonyl (C=O) groups excluding carboxylic acids is 1. The molecule has 0 N–H and O–H groups in total. The molecule has 0 aliphatic carbocycles. The van der Waals surface area contributed by atoms with E-state index in [4.69, 9.17) is 0 Å². The highest BCUT2D eigenvalue weighted by molar-refractivity contribution is 5.94. The van der Waals surface area contributed by atoms with Gasteiger partial charge in [0.2, 0.25) is 0 Å². The van der Waals surface area contributed by atoms with Crippen LogP contribution in [-0.4, -0.2) is 15.6 Å². The molecule has 2 aromatic rings. The van der Waals surface area contributed by atoms with E-state index in [0.717, 1.165) is 11.1 Å². The first-order valence-corrected chi connectivity index (χ1v) is 6.64. The Morgan fingerprint density at radius 3 is 2.50 bits per heavy atom. The molecule has 0 bridgehead atoms. The molecule has 0 amide bonds. The number of hydrogen-bond acceptors (Lipinski definition) is 3. The monoisotopic (exact) mass is 270 g/mol. The first kappa shape index (κ1) is 14.2. The van der Waals surface area contributed by atoms with E-state index >= 15 is 0 Å². The number of aromatic nitrogens is 2. The smallest absolute Gasteiger partial charge is 0.277 e. The van der Waals surface area contributed by atoms with Crippen LogP contribution in [0.25, 0.3) is 11.3 Å². The van der Waals surface area contributed by atoms with Crippen LogP contribution in [0.3, 0.4) is 0 Å². The maximum absolute atomic E-state index is 12.0. The van der Waals surface area contributed by atoms with Gasteiger partial charge in [-0.25, -0.2) is 4.68 Å². The van der Waals surface area contributed by atoms with E-state index in [1.54, 1.807) is 6.07 Å². The molecule has 0 spiro atoms. The van der Waals surface area contributed by atoms with Gasteiger partial charge in [-0.15, -0.1) is 0 Å². The Kier molecular flexibility index (Phi) is 3.84. The summed E-state index contributed by atoms with van der Waals surface area (Å²) in [6.07, 6.45) is 0. The zero-order chi connectivity index (χ0) is 14.9. The van der Waals surface area contributed by atoms with E-state index in [1.807, 2.05) is 32.9 Å². The van der Waals surface area contributed by atoms with Crippen molar-refractivity contribution in [2.75, 3.05) is 0 Å². The van der Waals surface area contributed by atoms with E-state index in [-0.39, 0.29) is 16.9 Å². The maximum Gasteiger partial charge on any atom is 0.277 e. The summed E-state index contributed by atoms with van der Waals surface area (Å²) in [5, 5.41) is 4.35. The van der Waals surface area contributed by atoms with E-state index in [9.17, 15) is 9.59 Å². The summed E-state index contributed by atoms with van der Waals surface area (Å²) < 4.78 is 1.34. The van der Waals surface area contributed by atoms with Crippen molar-refractivity contribution in [3.63, 3.8) is 0 Å². The van der Waals surface area contributed by atoms with Crippen molar-refractivity contribution in [3.8, 4) is 11.3 Å². The second-order valence-corrected chi connectivity index (χ2v) is 4.94. The standard InChI is InChI=1S/C16H18N2O2/c1-5-18-16(20)14(12(4)19)9-15(17-18)13-7-6-10(2)8-11(13)3/h6-9H,5H2,1-4H3. The highest BCUT2D eigenvalue weighted by Crippen LogP contribution is 2.22. The predicted molar refractivity (Wildman–Crippen MR) is 79.1 cm³/mol. The molecule has 0 saturated carbocycles. The lowest BCUT2D eigenvalue weighted by Crippen LogP contribution is -2.27. The Balaban J connectivity index is 2.71. The Morgan fingerprint density at radius 2 is 1.95 bits per heavy atom. The molecule has 0 aliphatic heterocycles. The van der Waals surface area contributed by atoms with Gasteiger partial charge in [-0.05, 0) is 39.3 Å². The van der Waals surface area contributed by atoms with Crippen molar-refractivity contribution in [1.29, 1.82) is 0 Å². The summed E-state index contributed by atoms with van der Waals surface area (Å²) in [5.41, 5.74) is 3.72. The third-order valence-electron chi connectivity index (χ3n) is 3.31. The molecule has 1 heterocycles. The maximum atomic E-state index is 12.0. The Labute approximate surface area is 118 Å². The molecule has 104 valence electrons. The highest BCUT2D eigenvalue weighted by Gasteiger charge is 2.13. The summed E-state index contributed by atoms with van der Waals surface area (Å²) in [6.45, 7) is 7.71. The first-order chi connectivity index (χ1) is 9.43. The second kappa shape index (κ2) is 5.41. The number of carbonyl (C=O) groups is 1. The average molecular weight is 270 g/mol. The van der Waals surface area contributed by atoms with Crippen LogP contribution in [0, 0.1) is 13.8 Å². The summed E-state index contributed by atoms with van der Waals surface area (Å²) in [7, 11) is 0. The van der Waals surface area contributed by atoms with Crippen molar-refractivity contribution in [2.24, 2.45) is 0 Å². The minimum atomic E-state index is -0.325. The van der Waals surface area contributed by atoms with Crippen LogP contribution >= 0.6 is 0 Å². The molecule has 0 saturated heterocycles. The number of rotatable bonds is 3. The summed E-state index contributed by atoms with van der Waals surface area (Å²) in [5.74, 6) is -0.231. The lowest BCUT2D eigenvalue weighted by Gasteiger charge is -2.10. The van der Waals surface area contributed by atoms with Gasteiger partial charge < -0.3 is 0 Å². The Morgan fingerprint density at radius 1 is 1.25 bits per heavy atom. The van der Waals surface area contributed by atoms with Crippen LogP contribution in [0.15, 0.2) is 29.1 Å². The van der Waals surface area contributed by atoms with Crippen molar-refractivity contribution in [2.45, 2.75) is 34.2 Å². The van der Waals surface area contributed by atoms with Gasteiger partial charge in [-0.1, -0.05) is 23.8 Å². The predicted octanol–water partition coefficient (Wildman–Crippen LogP) is 2.75. The number of ketones is 1. The second-order valence-electron chi connectivity index (χ2n) is 4.94. The van der Waals surface area contributed by atoms with Crippen molar-refractivity contribution in [1.82, 2.24) is 9.78 Å². The van der Waals surface area contributed by atoms with Crippen LogP contribution in [0.1, 0.15) is 35.3 Å². The summed E-state index contributed by atoms with van der Waals surface area (Å²) >= 11 is 0. The number of aryl methyl sites for hydroxylation is 3. The van der Waals surface area contributed by atoms with Gasteiger partial charge in [0.15, 0.2) is 5.78 Å². The molecule has 0 unspecified atom stereocenters. The molecule has 1 aromatic carbocycles. The molecule has 4 heteroatoms. The molecule has 0 fully saturated rings. The third kappa shape index (κ3) is 2.54. The van der Waals surface area contributed by atoms with E-state index in [1.165, 1.54) is 17.2 Å². The molecule has 4 nitrogen and oxygen atoms in total. The molecule has 0 radical (unpaired) electrons. The first-order valence-electron chi connectivity index (χ1n) is 6.64. The van der Waals surface area contributed by atoms with Crippen molar-refractivity contribution >= 4 is 5.78 Å². The largest absolute Gasteiger partial charge is 0.294 e. The topological polar surface area (TPSA) is 52.0 Å². The fraction of sp³-hybridized carbons (Fsp3) is 0.312. The normalized spacial score (nSPS) is 10.6. The van der Waals surface area contributed by atoms with Crippen LogP contribution in [0.5, 0.6) is 0 Å². The van der Waals surface area contributed by atoms with Gasteiger partial charge >= 0.3 is 0 Å². The lowest BCUT2D eigenvalue weighted by molar-refractivity contribution is 0.101. The fourth-order valence-electron chi connectivity index (χ4n) is 2.24. The van der Waals surface area contributed by atoms with Crippen LogP contribution in [0.4, 0.5) is 0 Å². The SMILES string of the molecule is CCn1nc(-c2ccc(C)cc2C)cc(C(C)=O)c1=O. The van der Waals surface area contributed by atoms with Crippen molar-refractivity contribution < 1.29 is 4.79 Å². The molecule has 20 heavy (non-hydrogen) atoms. The summed E-state index contributed by atoms with van der Waals surface area (Å²) in [6, 6.07) is 7.63. The van der Waals surface area contributed by atoms with Gasteiger partial charge in [-0.2, -0.15) is 5.10 Å². The van der Waals surface area contributed by atoms with Gasteiger partial charge in [-0.3, -0.25) is 9.59 Å². The van der Waals surface area contributed by atoms with Crippen LogP contribution < -0.4 is 5.56 Å². The fourth-order valence-corrected chi connectivity index (χ4v) is 2.24. The third-order valence-corrected chi connectivity index (χ3v) is 3.31. The van der Waals surface area contributed by atoms with E-state index in [0.29, 0.717) is 12.2 Å². The van der Waals surface area contributed by atoms with E-state index in [2.05, 4.69) is 11.2 Å².